The van der Waals surface area contributed by atoms with Crippen molar-refractivity contribution in [3.8, 4) is 22.4 Å². The number of amides is 2. The highest BCUT2D eigenvalue weighted by Gasteiger charge is 2.27. The van der Waals surface area contributed by atoms with Crippen LogP contribution in [0.1, 0.15) is 6.42 Å². The Morgan fingerprint density at radius 3 is 2.59 bits per heavy atom. The second kappa shape index (κ2) is 8.65. The zero-order chi connectivity index (χ0) is 23.7. The fourth-order valence-electron chi connectivity index (χ4n) is 3.70. The number of urea groups is 1. The van der Waals surface area contributed by atoms with Crippen molar-refractivity contribution in [1.29, 1.82) is 0 Å². The molecule has 34 heavy (non-hydrogen) atoms. The number of fused-ring (bicyclic) bond motifs is 1. The number of imidazole rings is 1. The minimum atomic E-state index is -4.47. The van der Waals surface area contributed by atoms with Gasteiger partial charge < -0.3 is 15.5 Å². The first kappa shape index (κ1) is 21.7. The smallest absolute Gasteiger partial charge is 0.341 e. The molecule has 0 radical (unpaired) electrons. The van der Waals surface area contributed by atoms with E-state index in [2.05, 4.69) is 25.2 Å². The number of anilines is 2. The highest BCUT2D eigenvalue weighted by atomic mass is 19.4. The predicted octanol–water partition coefficient (Wildman–Crippen LogP) is 3.77. The topological polar surface area (TPSA) is 90.0 Å². The minimum absolute atomic E-state index is 0.378. The van der Waals surface area contributed by atoms with Gasteiger partial charge in [0.15, 0.2) is 5.69 Å². The highest BCUT2D eigenvalue weighted by molar-refractivity contribution is 5.90. The number of hydrogen-bond donors (Lipinski definition) is 3. The lowest BCUT2D eigenvalue weighted by molar-refractivity contribution is -0.497. The summed E-state index contributed by atoms with van der Waals surface area (Å²) in [5, 5.41) is 4.22. The minimum Gasteiger partial charge on any atom is -0.341 e. The largest absolute Gasteiger partial charge is 0.405 e. The van der Waals surface area contributed by atoms with Gasteiger partial charge in [-0.3, -0.25) is 0 Å². The van der Waals surface area contributed by atoms with E-state index in [4.69, 9.17) is 0 Å². The maximum Gasteiger partial charge on any atom is 0.405 e. The van der Waals surface area contributed by atoms with Gasteiger partial charge in [0.05, 0.1) is 6.20 Å². The van der Waals surface area contributed by atoms with Gasteiger partial charge in [-0.15, -0.1) is 0 Å². The van der Waals surface area contributed by atoms with E-state index in [9.17, 15) is 18.0 Å². The Morgan fingerprint density at radius 2 is 1.88 bits per heavy atom. The fraction of sp³-hybridized carbons (Fsp3) is 0.217. The number of benzene rings is 1. The monoisotopic (exact) mass is 468 g/mol. The van der Waals surface area contributed by atoms with Gasteiger partial charge in [0.25, 0.3) is 5.65 Å². The van der Waals surface area contributed by atoms with Crippen molar-refractivity contribution in [3.63, 3.8) is 0 Å². The average Bonchev–Trinajstić information content (AvgIpc) is 3.20. The summed E-state index contributed by atoms with van der Waals surface area (Å²) in [6.07, 6.45) is 4.06. The van der Waals surface area contributed by atoms with Crippen LogP contribution >= 0.6 is 0 Å². The van der Waals surface area contributed by atoms with Gasteiger partial charge in [-0.1, -0.05) is 12.1 Å². The molecule has 8 nitrogen and oxygen atoms in total. The molecular formula is C23H21F3N7O+. The number of halogens is 3. The molecule has 2 amide bonds. The average molecular weight is 468 g/mol. The number of pyridine rings is 1. The maximum absolute atomic E-state index is 12.3. The van der Waals surface area contributed by atoms with Crippen LogP contribution in [0.3, 0.4) is 0 Å². The molecular weight excluding hydrogens is 447 g/mol. The normalized spacial score (nSPS) is 13.6. The Morgan fingerprint density at radius 1 is 1.09 bits per heavy atom. The van der Waals surface area contributed by atoms with Gasteiger partial charge in [-0.2, -0.15) is 17.6 Å². The van der Waals surface area contributed by atoms with Crippen LogP contribution in [-0.2, 0) is 0 Å². The van der Waals surface area contributed by atoms with E-state index in [0.717, 1.165) is 47.1 Å². The highest BCUT2D eigenvalue weighted by Crippen LogP contribution is 2.24. The molecule has 0 atom stereocenters. The Labute approximate surface area is 192 Å². The van der Waals surface area contributed by atoms with E-state index in [1.165, 1.54) is 6.42 Å². The number of nitrogens with one attached hydrogen (secondary N) is 3. The van der Waals surface area contributed by atoms with Crippen molar-refractivity contribution in [1.82, 2.24) is 20.3 Å². The van der Waals surface area contributed by atoms with Crippen LogP contribution in [0.15, 0.2) is 61.2 Å². The third-order valence-corrected chi connectivity index (χ3v) is 5.55. The maximum atomic E-state index is 12.3. The molecule has 4 heterocycles. The lowest BCUT2D eigenvalue weighted by Gasteiger charge is -2.30. The second-order valence-electron chi connectivity index (χ2n) is 7.96. The van der Waals surface area contributed by atoms with Crippen molar-refractivity contribution in [2.24, 2.45) is 0 Å². The van der Waals surface area contributed by atoms with Gasteiger partial charge in [0, 0.05) is 48.4 Å². The summed E-state index contributed by atoms with van der Waals surface area (Å²) in [6, 6.07) is 9.89. The summed E-state index contributed by atoms with van der Waals surface area (Å²) in [7, 11) is 0. The van der Waals surface area contributed by atoms with Gasteiger partial charge in [-0.05, 0) is 30.2 Å². The van der Waals surface area contributed by atoms with E-state index < -0.39 is 18.8 Å². The zero-order valence-electron chi connectivity index (χ0n) is 17.9. The molecule has 1 aliphatic heterocycles. The molecule has 1 saturated heterocycles. The number of hydrogen-bond acceptors (Lipinski definition) is 4. The number of carbonyl (C=O) groups is 1. The van der Waals surface area contributed by atoms with Crippen molar-refractivity contribution >= 4 is 23.3 Å². The van der Waals surface area contributed by atoms with E-state index in [1.807, 2.05) is 47.4 Å². The molecule has 0 saturated carbocycles. The Bertz CT molecular complexity index is 1330. The summed E-state index contributed by atoms with van der Waals surface area (Å²) in [5.41, 5.74) is 4.67. The summed E-state index contributed by atoms with van der Waals surface area (Å²) in [6.45, 7) is 0.579. The number of nitrogens with zero attached hydrogens (tertiary/aromatic N) is 4. The lowest BCUT2D eigenvalue weighted by atomic mass is 10.1. The van der Waals surface area contributed by atoms with Crippen LogP contribution in [0.2, 0.25) is 0 Å². The molecule has 3 aromatic heterocycles. The summed E-state index contributed by atoms with van der Waals surface area (Å²) >= 11 is 0. The SMILES string of the molecule is O=C(NCC(F)(F)F)Nc1cccc(-c2c[nH]c3cc(-c4cnc(N5CCC5)nc4)cc[n+]23)c1. The number of aromatic nitrogens is 4. The van der Waals surface area contributed by atoms with E-state index >= 15 is 0 Å². The molecule has 0 spiro atoms. The number of alkyl halides is 3. The quantitative estimate of drug-likeness (QED) is 0.389. The molecule has 5 rings (SSSR count). The van der Waals surface area contributed by atoms with Crippen LogP contribution in [0.5, 0.6) is 0 Å². The standard InChI is InChI=1S/C23H20F3N7O/c24-23(25,26)14-30-22(34)31-18-4-1-3-16(9-18)19-13-27-20-10-15(5-8-33(19)20)17-11-28-21(29-12-17)32-6-2-7-32/h1,3-5,8-13H,2,6-7,14H2,(H2,30,31,34)/p+1. The van der Waals surface area contributed by atoms with Crippen molar-refractivity contribution < 1.29 is 22.4 Å². The molecule has 1 fully saturated rings. The van der Waals surface area contributed by atoms with E-state index in [0.29, 0.717) is 5.69 Å². The van der Waals surface area contributed by atoms with E-state index in [-0.39, 0.29) is 0 Å². The van der Waals surface area contributed by atoms with Crippen LogP contribution in [0, 0.1) is 0 Å². The predicted molar refractivity (Wildman–Crippen MR) is 120 cm³/mol. The molecule has 1 aromatic carbocycles. The first-order valence-electron chi connectivity index (χ1n) is 10.7. The Kier molecular flexibility index (Phi) is 5.52. The molecule has 0 unspecified atom stereocenters. The lowest BCUT2D eigenvalue weighted by Crippen LogP contribution is -2.38. The molecule has 0 aliphatic carbocycles. The Hall–Kier alpha value is -4.15. The number of H-pyrrole nitrogens is 1. The molecule has 11 heteroatoms. The van der Waals surface area contributed by atoms with Crippen molar-refractivity contribution in [2.45, 2.75) is 12.6 Å². The van der Waals surface area contributed by atoms with Gasteiger partial charge in [0.2, 0.25) is 5.95 Å². The fourth-order valence-corrected chi connectivity index (χ4v) is 3.70. The van der Waals surface area contributed by atoms with Crippen LogP contribution in [0.4, 0.5) is 29.6 Å². The zero-order valence-corrected chi connectivity index (χ0v) is 17.9. The second-order valence-corrected chi connectivity index (χ2v) is 7.96. The Balaban J connectivity index is 1.34. The van der Waals surface area contributed by atoms with Crippen molar-refractivity contribution in [2.75, 3.05) is 29.9 Å². The molecule has 0 bridgehead atoms. The van der Waals surface area contributed by atoms with E-state index in [1.54, 1.807) is 23.5 Å². The van der Waals surface area contributed by atoms with Gasteiger partial charge in [-0.25, -0.2) is 19.7 Å². The molecule has 174 valence electrons. The third kappa shape index (κ3) is 4.63. The molecule has 1 aliphatic rings. The van der Waals surface area contributed by atoms with Crippen LogP contribution < -0.4 is 19.9 Å². The molecule has 3 N–H and O–H groups in total. The third-order valence-electron chi connectivity index (χ3n) is 5.55. The molecule has 4 aromatic rings. The number of aromatic amines is 1. The first-order chi connectivity index (χ1) is 16.4. The summed E-state index contributed by atoms with van der Waals surface area (Å²) < 4.78 is 38.8. The van der Waals surface area contributed by atoms with Gasteiger partial charge in [0.1, 0.15) is 12.7 Å². The van der Waals surface area contributed by atoms with Gasteiger partial charge >= 0.3 is 12.2 Å². The first-order valence-corrected chi connectivity index (χ1v) is 10.7. The number of carbonyl (C=O) groups excluding carboxylic acids is 1. The van der Waals surface area contributed by atoms with Crippen LogP contribution in [-0.4, -0.2) is 46.8 Å². The van der Waals surface area contributed by atoms with Crippen molar-refractivity contribution in [3.05, 3.63) is 61.2 Å². The summed E-state index contributed by atoms with van der Waals surface area (Å²) in [5.74, 6) is 0.744. The van der Waals surface area contributed by atoms with Crippen LogP contribution in [0.25, 0.3) is 28.0 Å². The summed E-state index contributed by atoms with van der Waals surface area (Å²) in [4.78, 5) is 26.1. The number of rotatable bonds is 5.